The summed E-state index contributed by atoms with van der Waals surface area (Å²) in [5.41, 5.74) is 5.49. The lowest BCUT2D eigenvalue weighted by atomic mass is 10.3. The van der Waals surface area contributed by atoms with E-state index < -0.39 is 5.97 Å². The molecular weight excluding hydrogens is 208 g/mol. The van der Waals surface area contributed by atoms with Crippen LogP contribution < -0.4 is 5.73 Å². The molecule has 2 rings (SSSR count). The third-order valence-corrected chi connectivity index (χ3v) is 1.97. The van der Waals surface area contributed by atoms with Gasteiger partial charge in [-0.3, -0.25) is 0 Å². The van der Waals surface area contributed by atoms with Gasteiger partial charge in [0.1, 0.15) is 10.7 Å². The standard InChI is InChI=1S/C7H5ClN4O2/c8-4-2-1-3(6(13)14)5-10-7(9)11-12(4)5/h1-2H,(H2,9,11)(H,13,14). The Morgan fingerprint density at radius 2 is 2.29 bits per heavy atom. The van der Waals surface area contributed by atoms with Gasteiger partial charge in [-0.25, -0.2) is 4.79 Å². The molecule has 0 saturated heterocycles. The number of nitrogen functional groups attached to an aromatic ring is 1. The summed E-state index contributed by atoms with van der Waals surface area (Å²) >= 11 is 5.76. The van der Waals surface area contributed by atoms with Gasteiger partial charge in [-0.15, -0.1) is 5.10 Å². The van der Waals surface area contributed by atoms with Crippen LogP contribution in [-0.2, 0) is 0 Å². The highest BCUT2D eigenvalue weighted by atomic mass is 35.5. The zero-order chi connectivity index (χ0) is 10.3. The summed E-state index contributed by atoms with van der Waals surface area (Å²) in [7, 11) is 0. The minimum atomic E-state index is -1.10. The molecule has 6 nitrogen and oxygen atoms in total. The predicted molar refractivity (Wildman–Crippen MR) is 49.4 cm³/mol. The first-order valence-electron chi connectivity index (χ1n) is 3.63. The first kappa shape index (κ1) is 8.76. The van der Waals surface area contributed by atoms with Gasteiger partial charge in [0.25, 0.3) is 0 Å². The second-order valence-electron chi connectivity index (χ2n) is 2.58. The van der Waals surface area contributed by atoms with E-state index in [9.17, 15) is 4.79 Å². The highest BCUT2D eigenvalue weighted by Gasteiger charge is 2.13. The highest BCUT2D eigenvalue weighted by Crippen LogP contribution is 2.16. The second kappa shape index (κ2) is 2.85. The molecule has 0 amide bonds. The number of rotatable bonds is 1. The number of halogens is 1. The van der Waals surface area contributed by atoms with Crippen molar-refractivity contribution in [2.75, 3.05) is 5.73 Å². The lowest BCUT2D eigenvalue weighted by Gasteiger charge is -1.97. The summed E-state index contributed by atoms with van der Waals surface area (Å²) in [4.78, 5) is 14.5. The monoisotopic (exact) mass is 212 g/mol. The third kappa shape index (κ3) is 1.16. The molecule has 0 spiro atoms. The molecule has 0 aliphatic heterocycles. The van der Waals surface area contributed by atoms with Crippen LogP contribution in [0.4, 0.5) is 5.95 Å². The van der Waals surface area contributed by atoms with Gasteiger partial charge in [-0.2, -0.15) is 9.50 Å². The van der Waals surface area contributed by atoms with Gasteiger partial charge in [-0.1, -0.05) is 11.6 Å². The number of nitrogens with two attached hydrogens (primary N) is 1. The third-order valence-electron chi connectivity index (χ3n) is 1.68. The van der Waals surface area contributed by atoms with Gasteiger partial charge in [0.2, 0.25) is 5.95 Å². The second-order valence-corrected chi connectivity index (χ2v) is 2.97. The fraction of sp³-hybridized carbons (Fsp3) is 0. The number of aromatic nitrogens is 3. The predicted octanol–water partition coefficient (Wildman–Crippen LogP) is 0.663. The molecule has 72 valence electrons. The molecule has 0 aliphatic carbocycles. The first-order chi connectivity index (χ1) is 6.59. The van der Waals surface area contributed by atoms with Crippen molar-refractivity contribution in [3.63, 3.8) is 0 Å². The lowest BCUT2D eigenvalue weighted by Crippen LogP contribution is -2.01. The number of carboxylic acids is 1. The average molecular weight is 213 g/mol. The molecule has 2 aromatic rings. The van der Waals surface area contributed by atoms with E-state index >= 15 is 0 Å². The molecule has 0 radical (unpaired) electrons. The van der Waals surface area contributed by atoms with Crippen molar-refractivity contribution in [2.24, 2.45) is 0 Å². The average Bonchev–Trinajstić information content (AvgIpc) is 2.47. The van der Waals surface area contributed by atoms with E-state index in [2.05, 4.69) is 10.1 Å². The number of aromatic carboxylic acids is 1. The molecule has 14 heavy (non-hydrogen) atoms. The van der Waals surface area contributed by atoms with Crippen molar-refractivity contribution in [2.45, 2.75) is 0 Å². The van der Waals surface area contributed by atoms with Crippen LogP contribution in [0.25, 0.3) is 5.65 Å². The fourth-order valence-electron chi connectivity index (χ4n) is 1.12. The van der Waals surface area contributed by atoms with Gasteiger partial charge in [-0.05, 0) is 12.1 Å². The van der Waals surface area contributed by atoms with Gasteiger partial charge < -0.3 is 10.8 Å². The van der Waals surface area contributed by atoms with Crippen molar-refractivity contribution in [1.82, 2.24) is 14.6 Å². The largest absolute Gasteiger partial charge is 0.478 e. The van der Waals surface area contributed by atoms with E-state index in [4.69, 9.17) is 22.4 Å². The van der Waals surface area contributed by atoms with Crippen LogP contribution >= 0.6 is 11.6 Å². The fourth-order valence-corrected chi connectivity index (χ4v) is 1.30. The van der Waals surface area contributed by atoms with Gasteiger partial charge in [0.05, 0.1) is 0 Å². The summed E-state index contributed by atoms with van der Waals surface area (Å²) in [6, 6.07) is 2.78. The highest BCUT2D eigenvalue weighted by molar-refractivity contribution is 6.29. The lowest BCUT2D eigenvalue weighted by molar-refractivity contribution is 0.0698. The smallest absolute Gasteiger partial charge is 0.339 e. The van der Waals surface area contributed by atoms with Crippen LogP contribution in [0.2, 0.25) is 5.15 Å². The van der Waals surface area contributed by atoms with Crippen molar-refractivity contribution in [1.29, 1.82) is 0 Å². The van der Waals surface area contributed by atoms with Crippen molar-refractivity contribution in [3.05, 3.63) is 22.8 Å². The maximum absolute atomic E-state index is 10.8. The Morgan fingerprint density at radius 1 is 1.57 bits per heavy atom. The zero-order valence-electron chi connectivity index (χ0n) is 6.81. The molecule has 2 aromatic heterocycles. The Morgan fingerprint density at radius 3 is 2.93 bits per heavy atom. The molecule has 0 bridgehead atoms. The molecular formula is C7H5ClN4O2. The maximum Gasteiger partial charge on any atom is 0.339 e. The van der Waals surface area contributed by atoms with E-state index in [0.717, 1.165) is 0 Å². The quantitative estimate of drug-likeness (QED) is 0.678. The Bertz CT molecular complexity index is 522. The van der Waals surface area contributed by atoms with Crippen molar-refractivity contribution >= 4 is 29.2 Å². The summed E-state index contributed by atoms with van der Waals surface area (Å²) in [6.45, 7) is 0. The number of carboxylic acid groups (broad SMARTS) is 1. The van der Waals surface area contributed by atoms with E-state index in [1.54, 1.807) is 0 Å². The van der Waals surface area contributed by atoms with Gasteiger partial charge in [0.15, 0.2) is 5.65 Å². The van der Waals surface area contributed by atoms with Crippen LogP contribution in [0.1, 0.15) is 10.4 Å². The first-order valence-corrected chi connectivity index (χ1v) is 4.01. The summed E-state index contributed by atoms with van der Waals surface area (Å²) in [5, 5.41) is 12.8. The Kier molecular flexibility index (Phi) is 1.78. The molecule has 0 unspecified atom stereocenters. The Labute approximate surface area is 82.9 Å². The van der Waals surface area contributed by atoms with Crippen LogP contribution in [0.5, 0.6) is 0 Å². The molecule has 0 aromatic carbocycles. The summed E-state index contributed by atoms with van der Waals surface area (Å²) in [5.74, 6) is -1.11. The molecule has 7 heteroatoms. The topological polar surface area (TPSA) is 93.5 Å². The molecule has 0 saturated carbocycles. The van der Waals surface area contributed by atoms with Crippen molar-refractivity contribution in [3.8, 4) is 0 Å². The van der Waals surface area contributed by atoms with E-state index in [1.807, 2.05) is 0 Å². The van der Waals surface area contributed by atoms with Crippen molar-refractivity contribution < 1.29 is 9.90 Å². The number of pyridine rings is 1. The summed E-state index contributed by atoms with van der Waals surface area (Å²) < 4.78 is 1.18. The van der Waals surface area contributed by atoms with Gasteiger partial charge in [0, 0.05) is 0 Å². The molecule has 2 heterocycles. The molecule has 3 N–H and O–H groups in total. The number of nitrogens with zero attached hydrogens (tertiary/aromatic N) is 3. The van der Waals surface area contributed by atoms with Crippen LogP contribution in [-0.4, -0.2) is 25.7 Å². The number of anilines is 1. The molecule has 0 aliphatic rings. The summed E-state index contributed by atoms with van der Waals surface area (Å²) in [6.07, 6.45) is 0. The van der Waals surface area contributed by atoms with E-state index in [0.29, 0.717) is 0 Å². The molecule has 0 atom stereocenters. The number of hydrogen-bond donors (Lipinski definition) is 2. The minimum absolute atomic E-state index is 0.0126. The van der Waals surface area contributed by atoms with Crippen LogP contribution in [0.3, 0.4) is 0 Å². The minimum Gasteiger partial charge on any atom is -0.478 e. The normalized spacial score (nSPS) is 10.6. The van der Waals surface area contributed by atoms with E-state index in [1.165, 1.54) is 16.6 Å². The number of fused-ring (bicyclic) bond motifs is 1. The van der Waals surface area contributed by atoms with Crippen LogP contribution in [0, 0.1) is 0 Å². The maximum atomic E-state index is 10.8. The molecule has 0 fully saturated rings. The zero-order valence-corrected chi connectivity index (χ0v) is 7.56. The van der Waals surface area contributed by atoms with Gasteiger partial charge >= 0.3 is 5.97 Å². The number of carbonyl (C=O) groups is 1. The van der Waals surface area contributed by atoms with E-state index in [-0.39, 0.29) is 22.3 Å². The SMILES string of the molecule is Nc1nc2c(C(=O)O)ccc(Cl)n2n1. The number of hydrogen-bond acceptors (Lipinski definition) is 4. The Balaban J connectivity index is 2.87. The van der Waals surface area contributed by atoms with Crippen LogP contribution in [0.15, 0.2) is 12.1 Å². The Hall–Kier alpha value is -1.82.